The third-order valence-electron chi connectivity index (χ3n) is 2.47. The quantitative estimate of drug-likeness (QED) is 0.656. The van der Waals surface area contributed by atoms with Crippen LogP contribution < -0.4 is 11.1 Å². The van der Waals surface area contributed by atoms with Crippen LogP contribution >= 0.6 is 0 Å². The maximum atomic E-state index is 12.5. The van der Waals surface area contributed by atoms with Crippen LogP contribution in [0.3, 0.4) is 0 Å². The van der Waals surface area contributed by atoms with E-state index in [1.165, 1.54) is 0 Å². The van der Waals surface area contributed by atoms with Gasteiger partial charge in [-0.15, -0.1) is 0 Å². The molecule has 0 spiro atoms. The number of guanidine groups is 1. The van der Waals surface area contributed by atoms with Gasteiger partial charge >= 0.3 is 6.18 Å². The molecule has 88 valence electrons. The fraction of sp³-hybridized carbons (Fsp3) is 0.889. The fourth-order valence-corrected chi connectivity index (χ4v) is 1.48. The Kier molecular flexibility index (Phi) is 2.89. The van der Waals surface area contributed by atoms with Gasteiger partial charge in [0.15, 0.2) is 5.96 Å². The molecule has 3 nitrogen and oxygen atoms in total. The number of alkyl halides is 3. The van der Waals surface area contributed by atoms with Crippen LogP contribution in [-0.4, -0.2) is 24.2 Å². The first-order valence-corrected chi connectivity index (χ1v) is 4.77. The number of nitrogens with two attached hydrogens (primary N) is 1. The van der Waals surface area contributed by atoms with Gasteiger partial charge in [-0.25, -0.2) is 4.99 Å². The summed E-state index contributed by atoms with van der Waals surface area (Å²) in [6.07, 6.45) is -4.34. The van der Waals surface area contributed by atoms with Gasteiger partial charge in [0, 0.05) is 0 Å². The van der Waals surface area contributed by atoms with Crippen molar-refractivity contribution in [2.45, 2.75) is 45.5 Å². The van der Waals surface area contributed by atoms with E-state index in [1.807, 2.05) is 20.8 Å². The van der Waals surface area contributed by atoms with Gasteiger partial charge in [-0.3, -0.25) is 0 Å². The van der Waals surface area contributed by atoms with Crippen LogP contribution in [0.25, 0.3) is 0 Å². The van der Waals surface area contributed by atoms with E-state index < -0.39 is 18.3 Å². The summed E-state index contributed by atoms with van der Waals surface area (Å²) >= 11 is 0. The number of hydrogen-bond acceptors (Lipinski definition) is 3. The minimum atomic E-state index is -4.27. The monoisotopic (exact) mass is 223 g/mol. The van der Waals surface area contributed by atoms with Gasteiger partial charge in [0.05, 0.1) is 6.04 Å². The molecule has 6 heteroatoms. The predicted molar refractivity (Wildman–Crippen MR) is 52.5 cm³/mol. The predicted octanol–water partition coefficient (Wildman–Crippen LogP) is 1.64. The molecule has 0 amide bonds. The molecule has 3 N–H and O–H groups in total. The summed E-state index contributed by atoms with van der Waals surface area (Å²) in [6.45, 7) is 5.56. The first-order chi connectivity index (χ1) is 6.60. The SMILES string of the molecule is CC(C)(C)C1CC(C(F)(F)F)NC(N)=N1. The van der Waals surface area contributed by atoms with E-state index in [-0.39, 0.29) is 17.8 Å². The average Bonchev–Trinajstić information content (AvgIpc) is 1.99. The van der Waals surface area contributed by atoms with E-state index >= 15 is 0 Å². The fourth-order valence-electron chi connectivity index (χ4n) is 1.48. The number of nitrogens with zero attached hydrogens (tertiary/aromatic N) is 1. The van der Waals surface area contributed by atoms with E-state index in [0.717, 1.165) is 0 Å². The van der Waals surface area contributed by atoms with Crippen LogP contribution in [0.4, 0.5) is 13.2 Å². The second-order valence-corrected chi connectivity index (χ2v) is 4.87. The zero-order chi connectivity index (χ0) is 11.9. The van der Waals surface area contributed by atoms with Gasteiger partial charge in [-0.2, -0.15) is 13.2 Å². The zero-order valence-corrected chi connectivity index (χ0v) is 9.02. The van der Waals surface area contributed by atoms with Crippen LogP contribution in [0, 0.1) is 5.41 Å². The number of rotatable bonds is 0. The zero-order valence-electron chi connectivity index (χ0n) is 9.02. The Balaban J connectivity index is 2.85. The van der Waals surface area contributed by atoms with Gasteiger partial charge in [-0.05, 0) is 11.8 Å². The molecule has 1 aliphatic rings. The van der Waals surface area contributed by atoms with Crippen molar-refractivity contribution in [1.82, 2.24) is 5.32 Å². The Labute approximate surface area is 86.9 Å². The van der Waals surface area contributed by atoms with Gasteiger partial charge < -0.3 is 11.1 Å². The lowest BCUT2D eigenvalue weighted by Crippen LogP contribution is -2.55. The molecule has 0 aromatic carbocycles. The van der Waals surface area contributed by atoms with E-state index in [0.29, 0.717) is 0 Å². The highest BCUT2D eigenvalue weighted by Crippen LogP contribution is 2.32. The minimum absolute atomic E-state index is 0.0618. The summed E-state index contributed by atoms with van der Waals surface area (Å²) in [4.78, 5) is 4.00. The normalized spacial score (nSPS) is 28.3. The Morgan fingerprint density at radius 2 is 1.87 bits per heavy atom. The minimum Gasteiger partial charge on any atom is -0.370 e. The lowest BCUT2D eigenvalue weighted by Gasteiger charge is -2.35. The molecular weight excluding hydrogens is 207 g/mol. The Hall–Kier alpha value is -0.940. The highest BCUT2D eigenvalue weighted by Gasteiger charge is 2.45. The Morgan fingerprint density at radius 1 is 1.33 bits per heavy atom. The first kappa shape index (κ1) is 12.1. The van der Waals surface area contributed by atoms with Crippen LogP contribution in [0.15, 0.2) is 4.99 Å². The van der Waals surface area contributed by atoms with Crippen molar-refractivity contribution in [2.75, 3.05) is 0 Å². The van der Waals surface area contributed by atoms with Crippen molar-refractivity contribution in [3.63, 3.8) is 0 Å². The highest BCUT2D eigenvalue weighted by atomic mass is 19.4. The molecule has 0 saturated carbocycles. The summed E-state index contributed by atoms with van der Waals surface area (Å²) in [5, 5.41) is 2.16. The Morgan fingerprint density at radius 3 is 2.27 bits per heavy atom. The third-order valence-corrected chi connectivity index (χ3v) is 2.47. The Bertz CT molecular complexity index is 265. The lowest BCUT2D eigenvalue weighted by molar-refractivity contribution is -0.156. The number of hydrogen-bond donors (Lipinski definition) is 2. The molecule has 0 aromatic rings. The summed E-state index contributed by atoms with van der Waals surface area (Å²) in [7, 11) is 0. The lowest BCUT2D eigenvalue weighted by atomic mass is 9.82. The molecule has 0 saturated heterocycles. The van der Waals surface area contributed by atoms with E-state index in [1.54, 1.807) is 0 Å². The molecule has 0 radical (unpaired) electrons. The average molecular weight is 223 g/mol. The van der Waals surface area contributed by atoms with Crippen molar-refractivity contribution < 1.29 is 13.2 Å². The van der Waals surface area contributed by atoms with E-state index in [4.69, 9.17) is 5.73 Å². The topological polar surface area (TPSA) is 50.4 Å². The van der Waals surface area contributed by atoms with Gasteiger partial charge in [0.25, 0.3) is 0 Å². The number of halogens is 3. The first-order valence-electron chi connectivity index (χ1n) is 4.77. The van der Waals surface area contributed by atoms with Gasteiger partial charge in [0.1, 0.15) is 6.04 Å². The second-order valence-electron chi connectivity index (χ2n) is 4.87. The molecule has 0 fully saturated rings. The summed E-state index contributed by atoms with van der Waals surface area (Å²) in [5.74, 6) is -0.122. The standard InChI is InChI=1S/C9H16F3N3/c1-8(2,3)5-4-6(9(10,11)12)15-7(13)14-5/h5-6H,4H2,1-3H3,(H3,13,14,15). The van der Waals surface area contributed by atoms with Crippen molar-refractivity contribution >= 4 is 5.96 Å². The maximum absolute atomic E-state index is 12.5. The molecular formula is C9H16F3N3. The molecule has 0 aliphatic carbocycles. The summed E-state index contributed by atoms with van der Waals surface area (Å²) in [5.41, 5.74) is 5.04. The molecule has 2 atom stereocenters. The van der Waals surface area contributed by atoms with Crippen molar-refractivity contribution in [1.29, 1.82) is 0 Å². The molecule has 0 aromatic heterocycles. The molecule has 15 heavy (non-hydrogen) atoms. The van der Waals surface area contributed by atoms with Crippen LogP contribution in [0.5, 0.6) is 0 Å². The summed E-state index contributed by atoms with van der Waals surface area (Å²) in [6, 6.07) is -1.98. The van der Waals surface area contributed by atoms with Crippen molar-refractivity contribution in [3.8, 4) is 0 Å². The largest absolute Gasteiger partial charge is 0.408 e. The molecule has 1 aliphatic heterocycles. The third kappa shape index (κ3) is 3.00. The van der Waals surface area contributed by atoms with Crippen molar-refractivity contribution in [2.24, 2.45) is 16.1 Å². The summed E-state index contributed by atoms with van der Waals surface area (Å²) < 4.78 is 37.5. The van der Waals surface area contributed by atoms with E-state index in [9.17, 15) is 13.2 Å². The molecule has 1 rings (SSSR count). The second kappa shape index (κ2) is 3.57. The molecule has 0 bridgehead atoms. The van der Waals surface area contributed by atoms with Crippen LogP contribution in [0.2, 0.25) is 0 Å². The van der Waals surface area contributed by atoms with Crippen LogP contribution in [-0.2, 0) is 0 Å². The van der Waals surface area contributed by atoms with Crippen LogP contribution in [0.1, 0.15) is 27.2 Å². The highest BCUT2D eigenvalue weighted by molar-refractivity contribution is 5.79. The van der Waals surface area contributed by atoms with Crippen molar-refractivity contribution in [3.05, 3.63) is 0 Å². The molecule has 2 unspecified atom stereocenters. The number of nitrogens with one attached hydrogen (secondary N) is 1. The van der Waals surface area contributed by atoms with Gasteiger partial charge in [-0.1, -0.05) is 20.8 Å². The maximum Gasteiger partial charge on any atom is 0.408 e. The van der Waals surface area contributed by atoms with E-state index in [2.05, 4.69) is 10.3 Å². The van der Waals surface area contributed by atoms with Gasteiger partial charge in [0.2, 0.25) is 0 Å². The molecule has 1 heterocycles. The smallest absolute Gasteiger partial charge is 0.370 e. The number of aliphatic imine (C=N–C) groups is 1.